The molecule has 4 rings (SSSR count). The molecule has 8 nitrogen and oxygen atoms in total. The van der Waals surface area contributed by atoms with Crippen LogP contribution < -0.4 is 16.4 Å². The number of fused-ring (bicyclic) bond motifs is 1. The fraction of sp³-hybridized carbons (Fsp3) is 0.0909. The van der Waals surface area contributed by atoms with E-state index in [9.17, 15) is 9.59 Å². The van der Waals surface area contributed by atoms with Gasteiger partial charge in [0.05, 0.1) is 22.3 Å². The number of pyridine rings is 1. The van der Waals surface area contributed by atoms with Crippen molar-refractivity contribution in [1.82, 2.24) is 14.8 Å². The molecule has 0 aliphatic carbocycles. The van der Waals surface area contributed by atoms with Crippen LogP contribution in [0, 0.1) is 6.92 Å². The van der Waals surface area contributed by atoms with Crippen LogP contribution in [0.4, 0.5) is 16.2 Å². The first-order chi connectivity index (χ1) is 14.4. The normalized spacial score (nSPS) is 10.7. The van der Waals surface area contributed by atoms with Gasteiger partial charge in [-0.1, -0.05) is 30.3 Å². The number of benzene rings is 2. The van der Waals surface area contributed by atoms with Gasteiger partial charge in [0.2, 0.25) is 0 Å². The van der Waals surface area contributed by atoms with Gasteiger partial charge in [0.25, 0.3) is 5.91 Å². The summed E-state index contributed by atoms with van der Waals surface area (Å²) in [5.74, 6) is -0.272. The fourth-order valence-electron chi connectivity index (χ4n) is 3.36. The second kappa shape index (κ2) is 7.67. The Morgan fingerprint density at radius 3 is 2.23 bits per heavy atom. The van der Waals surface area contributed by atoms with Crippen LogP contribution in [0.25, 0.3) is 22.3 Å². The van der Waals surface area contributed by atoms with E-state index < -0.39 is 6.03 Å². The van der Waals surface area contributed by atoms with Crippen LogP contribution >= 0.6 is 0 Å². The number of hydrogen-bond acceptors (Lipinski definition) is 4. The van der Waals surface area contributed by atoms with Gasteiger partial charge < -0.3 is 16.4 Å². The fourth-order valence-corrected chi connectivity index (χ4v) is 3.36. The highest BCUT2D eigenvalue weighted by Gasteiger charge is 2.19. The van der Waals surface area contributed by atoms with Gasteiger partial charge in [-0.25, -0.2) is 9.78 Å². The number of amides is 3. The molecule has 2 heterocycles. The zero-order valence-electron chi connectivity index (χ0n) is 16.5. The first-order valence-electron chi connectivity index (χ1n) is 9.30. The van der Waals surface area contributed by atoms with Gasteiger partial charge in [0, 0.05) is 24.0 Å². The van der Waals surface area contributed by atoms with Crippen molar-refractivity contribution in [3.05, 3.63) is 71.9 Å². The molecule has 8 heteroatoms. The number of urea groups is 1. The van der Waals surface area contributed by atoms with Gasteiger partial charge in [-0.05, 0) is 37.3 Å². The van der Waals surface area contributed by atoms with Crippen molar-refractivity contribution < 1.29 is 9.59 Å². The summed E-state index contributed by atoms with van der Waals surface area (Å²) in [5.41, 5.74) is 9.70. The van der Waals surface area contributed by atoms with Gasteiger partial charge in [-0.2, -0.15) is 5.10 Å². The highest BCUT2D eigenvalue weighted by Crippen LogP contribution is 2.27. The summed E-state index contributed by atoms with van der Waals surface area (Å²) >= 11 is 0. The molecule has 2 aromatic heterocycles. The van der Waals surface area contributed by atoms with Crippen LogP contribution in [0.1, 0.15) is 16.1 Å². The molecular formula is C22H20N6O2. The maximum absolute atomic E-state index is 13.2. The van der Waals surface area contributed by atoms with Gasteiger partial charge in [0.1, 0.15) is 0 Å². The molecule has 0 unspecified atom stereocenters. The van der Waals surface area contributed by atoms with Crippen molar-refractivity contribution in [2.45, 2.75) is 6.92 Å². The lowest BCUT2D eigenvalue weighted by molar-refractivity contribution is 0.102. The lowest BCUT2D eigenvalue weighted by atomic mass is 10.0. The van der Waals surface area contributed by atoms with E-state index in [1.165, 1.54) is 0 Å². The molecule has 0 aliphatic heterocycles. The molecule has 2 aromatic carbocycles. The monoisotopic (exact) mass is 400 g/mol. The summed E-state index contributed by atoms with van der Waals surface area (Å²) < 4.78 is 1.68. The topological polar surface area (TPSA) is 115 Å². The van der Waals surface area contributed by atoms with E-state index in [0.717, 1.165) is 11.3 Å². The summed E-state index contributed by atoms with van der Waals surface area (Å²) in [6.07, 6.45) is 0. The number of nitrogens with zero attached hydrogens (tertiary/aromatic N) is 3. The average molecular weight is 400 g/mol. The van der Waals surface area contributed by atoms with E-state index in [4.69, 9.17) is 10.7 Å². The number of carbonyl (C=O) groups is 2. The number of carbonyl (C=O) groups excluding carboxylic acids is 2. The molecule has 0 atom stereocenters. The van der Waals surface area contributed by atoms with Gasteiger partial charge in [-0.15, -0.1) is 0 Å². The minimum atomic E-state index is -0.647. The number of primary amides is 1. The number of rotatable bonds is 4. The Bertz CT molecular complexity index is 1250. The maximum atomic E-state index is 13.2. The Hall–Kier alpha value is -4.20. The zero-order chi connectivity index (χ0) is 21.3. The van der Waals surface area contributed by atoms with E-state index >= 15 is 0 Å². The predicted octanol–water partition coefficient (Wildman–Crippen LogP) is 3.69. The molecule has 0 bridgehead atoms. The van der Waals surface area contributed by atoms with E-state index in [2.05, 4.69) is 15.7 Å². The zero-order valence-corrected chi connectivity index (χ0v) is 16.5. The molecule has 0 spiro atoms. The van der Waals surface area contributed by atoms with Gasteiger partial charge in [-0.3, -0.25) is 9.48 Å². The molecule has 30 heavy (non-hydrogen) atoms. The quantitative estimate of drug-likeness (QED) is 0.484. The summed E-state index contributed by atoms with van der Waals surface area (Å²) in [4.78, 5) is 28.8. The minimum Gasteiger partial charge on any atom is -0.351 e. The van der Waals surface area contributed by atoms with E-state index in [1.807, 2.05) is 44.3 Å². The van der Waals surface area contributed by atoms with Crippen LogP contribution in [-0.2, 0) is 7.05 Å². The molecule has 0 radical (unpaired) electrons. The average Bonchev–Trinajstić information content (AvgIpc) is 3.03. The summed E-state index contributed by atoms with van der Waals surface area (Å²) in [7, 11) is 1.81. The molecule has 0 saturated carbocycles. The molecule has 0 saturated heterocycles. The third-order valence-corrected chi connectivity index (χ3v) is 4.69. The minimum absolute atomic E-state index is 0.272. The Balaban J connectivity index is 1.73. The molecule has 4 N–H and O–H groups in total. The van der Waals surface area contributed by atoms with Crippen molar-refractivity contribution in [2.24, 2.45) is 12.8 Å². The van der Waals surface area contributed by atoms with Crippen LogP contribution in [0.3, 0.4) is 0 Å². The number of anilines is 2. The standard InChI is InChI=1S/C22H20N6O2/c1-13-19-17(21(29)24-15-8-10-16(11-9-15)25-22(23)30)12-18(14-6-4-3-5-7-14)26-20(19)28(2)27-13/h3-12H,1-2H3,(H,24,29)(H3,23,25,30). The van der Waals surface area contributed by atoms with Crippen molar-refractivity contribution >= 4 is 34.3 Å². The number of nitrogens with two attached hydrogens (primary N) is 1. The number of aromatic nitrogens is 3. The van der Waals surface area contributed by atoms with Crippen LogP contribution in [0.2, 0.25) is 0 Å². The Morgan fingerprint density at radius 1 is 0.967 bits per heavy atom. The molecule has 3 amide bonds. The van der Waals surface area contributed by atoms with E-state index in [1.54, 1.807) is 35.0 Å². The SMILES string of the molecule is Cc1nn(C)c2nc(-c3ccccc3)cc(C(=O)Nc3ccc(NC(N)=O)cc3)c12. The second-order valence-corrected chi connectivity index (χ2v) is 6.85. The van der Waals surface area contributed by atoms with Crippen LogP contribution in [0.5, 0.6) is 0 Å². The highest BCUT2D eigenvalue weighted by atomic mass is 16.2. The predicted molar refractivity (Wildman–Crippen MR) is 116 cm³/mol. The van der Waals surface area contributed by atoms with Crippen molar-refractivity contribution in [3.8, 4) is 11.3 Å². The lowest BCUT2D eigenvalue weighted by Gasteiger charge is -2.10. The molecule has 150 valence electrons. The molecule has 4 aromatic rings. The smallest absolute Gasteiger partial charge is 0.316 e. The largest absolute Gasteiger partial charge is 0.351 e. The first kappa shape index (κ1) is 19.1. The van der Waals surface area contributed by atoms with Crippen molar-refractivity contribution in [1.29, 1.82) is 0 Å². The molecule has 0 aliphatic rings. The van der Waals surface area contributed by atoms with E-state index in [-0.39, 0.29) is 5.91 Å². The summed E-state index contributed by atoms with van der Waals surface area (Å²) in [6, 6.07) is 17.5. The number of hydrogen-bond donors (Lipinski definition) is 3. The van der Waals surface area contributed by atoms with Gasteiger partial charge in [0.15, 0.2) is 5.65 Å². The Labute approximate surface area is 172 Å². The second-order valence-electron chi connectivity index (χ2n) is 6.85. The van der Waals surface area contributed by atoms with E-state index in [0.29, 0.717) is 33.7 Å². The van der Waals surface area contributed by atoms with Crippen LogP contribution in [0.15, 0.2) is 60.7 Å². The highest BCUT2D eigenvalue weighted by molar-refractivity contribution is 6.13. The Kier molecular flexibility index (Phi) is 4.89. The number of nitrogens with one attached hydrogen (secondary N) is 2. The summed E-state index contributed by atoms with van der Waals surface area (Å²) in [5, 5.41) is 10.5. The maximum Gasteiger partial charge on any atom is 0.316 e. The first-order valence-corrected chi connectivity index (χ1v) is 9.30. The number of aryl methyl sites for hydroxylation is 2. The summed E-state index contributed by atoms with van der Waals surface area (Å²) in [6.45, 7) is 1.85. The van der Waals surface area contributed by atoms with Crippen molar-refractivity contribution in [2.75, 3.05) is 10.6 Å². The lowest BCUT2D eigenvalue weighted by Crippen LogP contribution is -2.19. The Morgan fingerprint density at radius 2 is 1.60 bits per heavy atom. The molecule has 0 fully saturated rings. The third-order valence-electron chi connectivity index (χ3n) is 4.69. The third kappa shape index (κ3) is 3.70. The molecular weight excluding hydrogens is 380 g/mol. The van der Waals surface area contributed by atoms with Gasteiger partial charge >= 0.3 is 6.03 Å². The van der Waals surface area contributed by atoms with Crippen molar-refractivity contribution in [3.63, 3.8) is 0 Å². The van der Waals surface area contributed by atoms with Crippen LogP contribution in [-0.4, -0.2) is 26.7 Å².